The second-order valence-corrected chi connectivity index (χ2v) is 4.95. The first kappa shape index (κ1) is 11.7. The summed E-state index contributed by atoms with van der Waals surface area (Å²) in [6.07, 6.45) is 7.54. The van der Waals surface area contributed by atoms with Crippen LogP contribution in [-0.2, 0) is 6.42 Å². The molecule has 1 aliphatic rings. The summed E-state index contributed by atoms with van der Waals surface area (Å²) in [4.78, 5) is 0. The van der Waals surface area contributed by atoms with Gasteiger partial charge < -0.3 is 0 Å². The lowest BCUT2D eigenvalue weighted by molar-refractivity contribution is 0.625. The lowest BCUT2D eigenvalue weighted by Gasteiger charge is -2.06. The van der Waals surface area contributed by atoms with Gasteiger partial charge in [-0.1, -0.05) is 30.2 Å². The maximum atomic E-state index is 13.0. The van der Waals surface area contributed by atoms with Crippen LogP contribution in [0.1, 0.15) is 31.2 Å². The third-order valence-electron chi connectivity index (χ3n) is 2.96. The predicted molar refractivity (Wildman–Crippen MR) is 66.3 cm³/mol. The summed E-state index contributed by atoms with van der Waals surface area (Å²) >= 11 is 6.16. The van der Waals surface area contributed by atoms with Crippen LogP contribution in [0.4, 0.5) is 4.39 Å². The van der Waals surface area contributed by atoms with Crippen molar-refractivity contribution in [2.45, 2.75) is 37.5 Å². The van der Waals surface area contributed by atoms with E-state index in [1.54, 1.807) is 12.1 Å². The van der Waals surface area contributed by atoms with Gasteiger partial charge in [0, 0.05) is 0 Å². The molecule has 2 rings (SSSR count). The molecule has 86 valence electrons. The molecule has 0 saturated carbocycles. The molecule has 0 spiro atoms. The van der Waals surface area contributed by atoms with Gasteiger partial charge in [0.15, 0.2) is 0 Å². The number of hydrogen-bond donors (Lipinski definition) is 0. The standard InChI is InChI=1S/C14H16ClF/c15-13-6-2-1-4-11(9-13)8-12-5-3-7-14(16)10-12/h3,5,7,9-10,13H,1-2,4,6,8H2. The summed E-state index contributed by atoms with van der Waals surface area (Å²) in [7, 11) is 0. The molecule has 1 aromatic rings. The molecule has 0 fully saturated rings. The molecule has 0 amide bonds. The average Bonchev–Trinajstić information content (AvgIpc) is 2.43. The zero-order valence-corrected chi connectivity index (χ0v) is 10.0. The van der Waals surface area contributed by atoms with Crippen LogP contribution in [0.5, 0.6) is 0 Å². The van der Waals surface area contributed by atoms with Gasteiger partial charge in [0.2, 0.25) is 0 Å². The topological polar surface area (TPSA) is 0 Å². The molecule has 0 radical (unpaired) electrons. The zero-order chi connectivity index (χ0) is 11.4. The van der Waals surface area contributed by atoms with Gasteiger partial charge in [-0.3, -0.25) is 0 Å². The van der Waals surface area contributed by atoms with E-state index in [4.69, 9.17) is 11.6 Å². The Bertz CT molecular complexity index is 384. The maximum absolute atomic E-state index is 13.0. The molecular weight excluding hydrogens is 223 g/mol. The third-order valence-corrected chi connectivity index (χ3v) is 3.31. The molecule has 1 aromatic carbocycles. The van der Waals surface area contributed by atoms with E-state index in [0.29, 0.717) is 0 Å². The van der Waals surface area contributed by atoms with Gasteiger partial charge in [-0.2, -0.15) is 0 Å². The molecular formula is C14H16ClF. The minimum atomic E-state index is -0.158. The van der Waals surface area contributed by atoms with Gasteiger partial charge in [0.05, 0.1) is 5.38 Å². The van der Waals surface area contributed by atoms with Crippen molar-refractivity contribution in [1.29, 1.82) is 0 Å². The molecule has 0 bridgehead atoms. The Morgan fingerprint density at radius 3 is 3.00 bits per heavy atom. The number of hydrogen-bond acceptors (Lipinski definition) is 0. The van der Waals surface area contributed by atoms with E-state index in [2.05, 4.69) is 6.08 Å². The van der Waals surface area contributed by atoms with E-state index < -0.39 is 0 Å². The van der Waals surface area contributed by atoms with Crippen LogP contribution in [-0.4, -0.2) is 5.38 Å². The lowest BCUT2D eigenvalue weighted by atomic mass is 10.0. The van der Waals surface area contributed by atoms with Crippen molar-refractivity contribution in [3.63, 3.8) is 0 Å². The van der Waals surface area contributed by atoms with Crippen LogP contribution in [0.15, 0.2) is 35.9 Å². The number of halogens is 2. The first-order chi connectivity index (χ1) is 7.74. The summed E-state index contributed by atoms with van der Waals surface area (Å²) in [5.41, 5.74) is 2.39. The van der Waals surface area contributed by atoms with Gasteiger partial charge >= 0.3 is 0 Å². The van der Waals surface area contributed by atoms with Crippen LogP contribution < -0.4 is 0 Å². The fourth-order valence-corrected chi connectivity index (χ4v) is 2.50. The highest BCUT2D eigenvalue weighted by Gasteiger charge is 2.10. The van der Waals surface area contributed by atoms with E-state index in [9.17, 15) is 4.39 Å². The molecule has 1 aliphatic carbocycles. The largest absolute Gasteiger partial charge is 0.207 e. The predicted octanol–water partition coefficient (Wildman–Crippen LogP) is 4.48. The lowest BCUT2D eigenvalue weighted by Crippen LogP contribution is -1.94. The molecule has 1 atom stereocenters. The second kappa shape index (κ2) is 5.49. The number of alkyl halides is 1. The Labute approximate surface area is 101 Å². The van der Waals surface area contributed by atoms with Crippen molar-refractivity contribution in [2.75, 3.05) is 0 Å². The highest BCUT2D eigenvalue weighted by Crippen LogP contribution is 2.23. The SMILES string of the molecule is Fc1cccc(CC2=CC(Cl)CCCC2)c1. The van der Waals surface area contributed by atoms with Crippen molar-refractivity contribution < 1.29 is 4.39 Å². The molecule has 0 aliphatic heterocycles. The molecule has 16 heavy (non-hydrogen) atoms. The quantitative estimate of drug-likeness (QED) is 0.527. The highest BCUT2D eigenvalue weighted by molar-refractivity contribution is 6.21. The van der Waals surface area contributed by atoms with Crippen molar-refractivity contribution in [2.24, 2.45) is 0 Å². The summed E-state index contributed by atoms with van der Waals surface area (Å²) in [5, 5.41) is 0.158. The normalized spacial score (nSPS) is 21.4. The van der Waals surface area contributed by atoms with Crippen molar-refractivity contribution in [1.82, 2.24) is 0 Å². The summed E-state index contributed by atoms with van der Waals surface area (Å²) in [6, 6.07) is 6.82. The van der Waals surface area contributed by atoms with Gasteiger partial charge in [0.1, 0.15) is 5.82 Å². The Morgan fingerprint density at radius 1 is 1.31 bits per heavy atom. The Kier molecular flexibility index (Phi) is 4.00. The minimum absolute atomic E-state index is 0.158. The second-order valence-electron chi connectivity index (χ2n) is 4.39. The van der Waals surface area contributed by atoms with E-state index in [0.717, 1.165) is 24.8 Å². The third kappa shape index (κ3) is 3.34. The van der Waals surface area contributed by atoms with Crippen LogP contribution >= 0.6 is 11.6 Å². The van der Waals surface area contributed by atoms with E-state index in [-0.39, 0.29) is 11.2 Å². The Hall–Kier alpha value is -0.820. The average molecular weight is 239 g/mol. The Morgan fingerprint density at radius 2 is 2.19 bits per heavy atom. The first-order valence-electron chi connectivity index (χ1n) is 5.82. The number of rotatable bonds is 2. The Balaban J connectivity index is 2.08. The van der Waals surface area contributed by atoms with Crippen LogP contribution in [0.25, 0.3) is 0 Å². The van der Waals surface area contributed by atoms with Crippen LogP contribution in [0, 0.1) is 5.82 Å². The van der Waals surface area contributed by atoms with Crippen molar-refractivity contribution in [3.05, 3.63) is 47.3 Å². The smallest absolute Gasteiger partial charge is 0.123 e. The molecule has 0 aromatic heterocycles. The zero-order valence-electron chi connectivity index (χ0n) is 9.26. The van der Waals surface area contributed by atoms with Gasteiger partial charge in [-0.05, 0) is 43.4 Å². The maximum Gasteiger partial charge on any atom is 0.123 e. The van der Waals surface area contributed by atoms with E-state index in [1.807, 2.05) is 6.07 Å². The van der Waals surface area contributed by atoms with Crippen LogP contribution in [0.2, 0.25) is 0 Å². The molecule has 2 heteroatoms. The molecule has 0 saturated heterocycles. The summed E-state index contributed by atoms with van der Waals surface area (Å²) < 4.78 is 13.0. The van der Waals surface area contributed by atoms with E-state index >= 15 is 0 Å². The number of allylic oxidation sites excluding steroid dienone is 2. The highest BCUT2D eigenvalue weighted by atomic mass is 35.5. The summed E-state index contributed by atoms with van der Waals surface area (Å²) in [5.74, 6) is -0.158. The van der Waals surface area contributed by atoms with Crippen LogP contribution in [0.3, 0.4) is 0 Å². The van der Waals surface area contributed by atoms with Gasteiger partial charge in [-0.15, -0.1) is 11.6 Å². The fraction of sp³-hybridized carbons (Fsp3) is 0.429. The number of benzene rings is 1. The van der Waals surface area contributed by atoms with Gasteiger partial charge in [0.25, 0.3) is 0 Å². The van der Waals surface area contributed by atoms with Crippen molar-refractivity contribution in [3.8, 4) is 0 Å². The van der Waals surface area contributed by atoms with Crippen molar-refractivity contribution >= 4 is 11.6 Å². The fourth-order valence-electron chi connectivity index (χ4n) is 2.17. The first-order valence-corrected chi connectivity index (χ1v) is 6.26. The monoisotopic (exact) mass is 238 g/mol. The van der Waals surface area contributed by atoms with Gasteiger partial charge in [-0.25, -0.2) is 4.39 Å². The minimum Gasteiger partial charge on any atom is -0.207 e. The molecule has 0 nitrogen and oxygen atoms in total. The molecule has 1 unspecified atom stereocenters. The van der Waals surface area contributed by atoms with E-state index in [1.165, 1.54) is 24.5 Å². The summed E-state index contributed by atoms with van der Waals surface area (Å²) in [6.45, 7) is 0. The molecule has 0 heterocycles. The molecule has 0 N–H and O–H groups in total.